The minimum Gasteiger partial charge on any atom is -0.374 e. The number of nitro benzene ring substituents is 1. The molecule has 2 aromatic rings. The van der Waals surface area contributed by atoms with Crippen molar-refractivity contribution < 1.29 is 14.5 Å². The van der Waals surface area contributed by atoms with Crippen LogP contribution in [0.1, 0.15) is 13.8 Å². The third-order valence-corrected chi connectivity index (χ3v) is 3.33. The zero-order valence-corrected chi connectivity index (χ0v) is 13.8. The molecule has 0 fully saturated rings. The quantitative estimate of drug-likeness (QED) is 0.552. The Morgan fingerprint density at radius 1 is 0.920 bits per heavy atom. The molecule has 0 saturated heterocycles. The highest BCUT2D eigenvalue weighted by Gasteiger charge is 2.13. The molecule has 3 N–H and O–H groups in total. The molecule has 130 valence electrons. The predicted octanol–water partition coefficient (Wildman–Crippen LogP) is 2.99. The van der Waals surface area contributed by atoms with Crippen LogP contribution in [-0.2, 0) is 9.59 Å². The predicted molar refractivity (Wildman–Crippen MR) is 95.6 cm³/mol. The number of nitrogens with one attached hydrogen (secondary N) is 3. The lowest BCUT2D eigenvalue weighted by Gasteiger charge is -2.15. The van der Waals surface area contributed by atoms with Gasteiger partial charge in [0.15, 0.2) is 0 Å². The van der Waals surface area contributed by atoms with E-state index >= 15 is 0 Å². The Bertz CT molecular complexity index is 772. The van der Waals surface area contributed by atoms with Crippen LogP contribution < -0.4 is 16.0 Å². The van der Waals surface area contributed by atoms with Gasteiger partial charge in [-0.3, -0.25) is 19.7 Å². The van der Waals surface area contributed by atoms with E-state index in [0.717, 1.165) is 5.69 Å². The molecule has 0 heterocycles. The van der Waals surface area contributed by atoms with Crippen LogP contribution >= 0.6 is 0 Å². The summed E-state index contributed by atoms with van der Waals surface area (Å²) in [5, 5.41) is 19.0. The Labute approximate surface area is 144 Å². The highest BCUT2D eigenvalue weighted by molar-refractivity contribution is 5.96. The number of nitrogens with zero attached hydrogens (tertiary/aromatic N) is 1. The first-order valence-electron chi connectivity index (χ1n) is 7.54. The molecule has 1 unspecified atom stereocenters. The number of nitro groups is 1. The minimum absolute atomic E-state index is 0.0385. The van der Waals surface area contributed by atoms with Crippen molar-refractivity contribution in [1.29, 1.82) is 0 Å². The molecule has 2 amide bonds. The van der Waals surface area contributed by atoms with Crippen LogP contribution in [0.15, 0.2) is 48.5 Å². The van der Waals surface area contributed by atoms with Gasteiger partial charge in [-0.15, -0.1) is 0 Å². The van der Waals surface area contributed by atoms with Gasteiger partial charge in [-0.05, 0) is 43.3 Å². The molecule has 1 atom stereocenters. The molecule has 0 spiro atoms. The number of rotatable bonds is 6. The first-order chi connectivity index (χ1) is 11.8. The summed E-state index contributed by atoms with van der Waals surface area (Å²) in [6, 6.07) is 12.0. The monoisotopic (exact) mass is 342 g/mol. The van der Waals surface area contributed by atoms with Gasteiger partial charge in [0.05, 0.1) is 4.92 Å². The second kappa shape index (κ2) is 7.91. The Morgan fingerprint density at radius 3 is 1.92 bits per heavy atom. The van der Waals surface area contributed by atoms with E-state index in [-0.39, 0.29) is 17.5 Å². The highest BCUT2D eigenvalue weighted by Crippen LogP contribution is 2.17. The van der Waals surface area contributed by atoms with Crippen molar-refractivity contribution in [2.75, 3.05) is 16.0 Å². The van der Waals surface area contributed by atoms with Crippen LogP contribution in [0.25, 0.3) is 0 Å². The molecule has 8 heteroatoms. The highest BCUT2D eigenvalue weighted by atomic mass is 16.6. The summed E-state index contributed by atoms with van der Waals surface area (Å²) in [6.45, 7) is 3.12. The average molecular weight is 342 g/mol. The van der Waals surface area contributed by atoms with Crippen molar-refractivity contribution >= 4 is 34.6 Å². The van der Waals surface area contributed by atoms with E-state index in [0.29, 0.717) is 11.4 Å². The topological polar surface area (TPSA) is 113 Å². The van der Waals surface area contributed by atoms with Gasteiger partial charge in [0.2, 0.25) is 11.8 Å². The van der Waals surface area contributed by atoms with Gasteiger partial charge in [-0.25, -0.2) is 0 Å². The maximum Gasteiger partial charge on any atom is 0.269 e. The molecule has 25 heavy (non-hydrogen) atoms. The number of carbonyl (C=O) groups excluding carboxylic acids is 2. The fourth-order valence-corrected chi connectivity index (χ4v) is 2.09. The number of carbonyl (C=O) groups is 2. The van der Waals surface area contributed by atoms with Crippen LogP contribution in [0.4, 0.5) is 22.7 Å². The van der Waals surface area contributed by atoms with Gasteiger partial charge >= 0.3 is 0 Å². The summed E-state index contributed by atoms with van der Waals surface area (Å²) in [5.74, 6) is -0.434. The maximum absolute atomic E-state index is 12.2. The number of non-ortho nitro benzene ring substituents is 1. The zero-order chi connectivity index (χ0) is 18.4. The second-order valence-electron chi connectivity index (χ2n) is 5.42. The van der Waals surface area contributed by atoms with Crippen LogP contribution in [0.3, 0.4) is 0 Å². The molecule has 0 radical (unpaired) electrons. The number of benzene rings is 2. The van der Waals surface area contributed by atoms with E-state index in [1.807, 2.05) is 0 Å². The molecule has 0 bridgehead atoms. The molecule has 0 aromatic heterocycles. The van der Waals surface area contributed by atoms with Gasteiger partial charge in [-0.2, -0.15) is 0 Å². The lowest BCUT2D eigenvalue weighted by atomic mass is 10.2. The van der Waals surface area contributed by atoms with E-state index in [2.05, 4.69) is 16.0 Å². The summed E-state index contributed by atoms with van der Waals surface area (Å²) in [6.07, 6.45) is 0. The molecule has 8 nitrogen and oxygen atoms in total. The Balaban J connectivity index is 1.93. The fourth-order valence-electron chi connectivity index (χ4n) is 2.09. The summed E-state index contributed by atoms with van der Waals surface area (Å²) in [4.78, 5) is 33.3. The third-order valence-electron chi connectivity index (χ3n) is 3.33. The van der Waals surface area contributed by atoms with Crippen LogP contribution in [0.5, 0.6) is 0 Å². The van der Waals surface area contributed by atoms with Gasteiger partial charge in [-0.1, -0.05) is 0 Å². The Morgan fingerprint density at radius 2 is 1.40 bits per heavy atom. The largest absolute Gasteiger partial charge is 0.374 e. The minimum atomic E-state index is -0.526. The SMILES string of the molecule is CC(=O)Nc1ccc(NC(C)C(=O)Nc2ccc([N+](=O)[O-])cc2)cc1. The number of hydrogen-bond donors (Lipinski definition) is 3. The normalized spacial score (nSPS) is 11.3. The van der Waals surface area contributed by atoms with Crippen molar-refractivity contribution in [3.63, 3.8) is 0 Å². The third kappa shape index (κ3) is 5.31. The first kappa shape index (κ1) is 17.9. The van der Waals surface area contributed by atoms with E-state index in [1.54, 1.807) is 31.2 Å². The van der Waals surface area contributed by atoms with Gasteiger partial charge in [0.25, 0.3) is 5.69 Å². The average Bonchev–Trinajstić information content (AvgIpc) is 2.56. The first-order valence-corrected chi connectivity index (χ1v) is 7.54. The number of hydrogen-bond acceptors (Lipinski definition) is 5. The Hall–Kier alpha value is -3.42. The molecular formula is C17H18N4O4. The van der Waals surface area contributed by atoms with E-state index in [1.165, 1.54) is 31.2 Å². The van der Waals surface area contributed by atoms with Crippen molar-refractivity contribution in [2.24, 2.45) is 0 Å². The van der Waals surface area contributed by atoms with Crippen LogP contribution in [0.2, 0.25) is 0 Å². The van der Waals surface area contributed by atoms with Crippen molar-refractivity contribution in [1.82, 2.24) is 0 Å². The van der Waals surface area contributed by atoms with Crippen LogP contribution in [-0.4, -0.2) is 22.8 Å². The van der Waals surface area contributed by atoms with Crippen molar-refractivity contribution in [2.45, 2.75) is 19.9 Å². The van der Waals surface area contributed by atoms with Crippen LogP contribution in [0, 0.1) is 10.1 Å². The molecule has 2 rings (SSSR count). The Kier molecular flexibility index (Phi) is 5.67. The van der Waals surface area contributed by atoms with Gasteiger partial charge < -0.3 is 16.0 Å². The second-order valence-corrected chi connectivity index (χ2v) is 5.42. The van der Waals surface area contributed by atoms with E-state index in [4.69, 9.17) is 0 Å². The molecule has 0 saturated carbocycles. The van der Waals surface area contributed by atoms with Gasteiger partial charge in [0, 0.05) is 36.1 Å². The van der Waals surface area contributed by atoms with E-state index < -0.39 is 11.0 Å². The maximum atomic E-state index is 12.2. The smallest absolute Gasteiger partial charge is 0.269 e. The number of amides is 2. The fraction of sp³-hybridized carbons (Fsp3) is 0.176. The van der Waals surface area contributed by atoms with Crippen molar-refractivity contribution in [3.05, 3.63) is 58.6 Å². The molecule has 2 aromatic carbocycles. The summed E-state index contributed by atoms with van der Waals surface area (Å²) >= 11 is 0. The van der Waals surface area contributed by atoms with Crippen molar-refractivity contribution in [3.8, 4) is 0 Å². The van der Waals surface area contributed by atoms with E-state index in [9.17, 15) is 19.7 Å². The zero-order valence-electron chi connectivity index (χ0n) is 13.8. The number of anilines is 3. The standard InChI is InChI=1S/C17H18N4O4/c1-11(18-13-3-5-14(6-4-13)19-12(2)22)17(23)20-15-7-9-16(10-8-15)21(24)25/h3-11,18H,1-2H3,(H,19,22)(H,20,23). The van der Waals surface area contributed by atoms with Gasteiger partial charge in [0.1, 0.15) is 6.04 Å². The summed E-state index contributed by atoms with van der Waals surface area (Å²) in [7, 11) is 0. The lowest BCUT2D eigenvalue weighted by Crippen LogP contribution is -2.31. The molecular weight excluding hydrogens is 324 g/mol. The molecule has 0 aliphatic carbocycles. The summed E-state index contributed by atoms with van der Waals surface area (Å²) < 4.78 is 0. The molecule has 0 aliphatic heterocycles. The molecule has 0 aliphatic rings. The lowest BCUT2D eigenvalue weighted by molar-refractivity contribution is -0.384. The summed E-state index contributed by atoms with van der Waals surface area (Å²) in [5.41, 5.74) is 1.83.